The van der Waals surface area contributed by atoms with Crippen molar-refractivity contribution in [3.05, 3.63) is 29.8 Å². The van der Waals surface area contributed by atoms with Gasteiger partial charge in [0.05, 0.1) is 0 Å². The van der Waals surface area contributed by atoms with Crippen molar-refractivity contribution in [2.24, 2.45) is 0 Å². The van der Waals surface area contributed by atoms with E-state index in [2.05, 4.69) is 0 Å². The largest absolute Gasteiger partial charge is 2.00 e. The van der Waals surface area contributed by atoms with Crippen LogP contribution < -0.4 is 0 Å². The minimum Gasteiger partial charge on any atom is -1.00 e. The number of benzene rings is 1. The summed E-state index contributed by atoms with van der Waals surface area (Å²) in [6, 6.07) is 6.32. The van der Waals surface area contributed by atoms with Crippen LogP contribution in [-0.2, 0) is 4.74 Å². The summed E-state index contributed by atoms with van der Waals surface area (Å²) in [5.74, 6) is -0.558. The van der Waals surface area contributed by atoms with E-state index in [1.54, 1.807) is 32.9 Å². The molecule has 0 aliphatic rings. The number of rotatable bonds is 1. The summed E-state index contributed by atoms with van der Waals surface area (Å²) >= 11 is 0. The van der Waals surface area contributed by atoms with Crippen LogP contribution >= 0.6 is 0 Å². The fraction of sp³-hybridized carbons (Fsp3) is 0.364. The van der Waals surface area contributed by atoms with Crippen molar-refractivity contribution >= 4 is 43.7 Å². The SMILES string of the molecule is CC(C)(C)OC(=O)c1ccccc1O.[Ca+2].[H-].[H-]. The molecule has 1 N–H and O–H groups in total. The Morgan fingerprint density at radius 3 is 2.33 bits per heavy atom. The Balaban J connectivity index is -0.000000653. The van der Waals surface area contributed by atoms with Gasteiger partial charge in [-0.3, -0.25) is 0 Å². The Bertz CT molecular complexity index is 351. The second kappa shape index (κ2) is 5.73. The molecule has 0 bridgehead atoms. The van der Waals surface area contributed by atoms with Crippen molar-refractivity contribution in [1.82, 2.24) is 0 Å². The molecule has 1 aromatic carbocycles. The first-order chi connectivity index (χ1) is 6.40. The topological polar surface area (TPSA) is 46.5 Å². The van der Waals surface area contributed by atoms with Gasteiger partial charge in [0.2, 0.25) is 0 Å². The molecule has 0 aliphatic carbocycles. The molecular weight excluding hydrogens is 220 g/mol. The van der Waals surface area contributed by atoms with Gasteiger partial charge in [0.15, 0.2) is 0 Å². The molecule has 0 heterocycles. The first-order valence-electron chi connectivity index (χ1n) is 4.41. The van der Waals surface area contributed by atoms with Gasteiger partial charge in [-0.15, -0.1) is 0 Å². The minimum atomic E-state index is -0.542. The number of esters is 1. The van der Waals surface area contributed by atoms with Crippen LogP contribution in [0.5, 0.6) is 5.75 Å². The van der Waals surface area contributed by atoms with Gasteiger partial charge >= 0.3 is 43.7 Å². The molecule has 0 radical (unpaired) electrons. The third kappa shape index (κ3) is 4.87. The summed E-state index contributed by atoms with van der Waals surface area (Å²) in [6.07, 6.45) is 0. The van der Waals surface area contributed by atoms with Gasteiger partial charge in [0.25, 0.3) is 0 Å². The fourth-order valence-electron chi connectivity index (χ4n) is 0.979. The van der Waals surface area contributed by atoms with Crippen LogP contribution in [0, 0.1) is 0 Å². The van der Waals surface area contributed by atoms with Gasteiger partial charge in [-0.1, -0.05) is 12.1 Å². The number of carbonyl (C=O) groups is 1. The average molecular weight is 236 g/mol. The number of phenolic OH excluding ortho intramolecular Hbond substituents is 1. The molecule has 0 spiro atoms. The Labute approximate surface area is 122 Å². The molecule has 0 atom stereocenters. The van der Waals surface area contributed by atoms with Crippen LogP contribution in [-0.4, -0.2) is 54.4 Å². The van der Waals surface area contributed by atoms with Gasteiger partial charge in [0.1, 0.15) is 16.9 Å². The zero-order chi connectivity index (χ0) is 10.8. The number of hydrogen-bond acceptors (Lipinski definition) is 3. The maximum Gasteiger partial charge on any atom is 2.00 e. The molecule has 3 nitrogen and oxygen atoms in total. The summed E-state index contributed by atoms with van der Waals surface area (Å²) in [5, 5.41) is 9.38. The van der Waals surface area contributed by atoms with E-state index in [0.29, 0.717) is 0 Å². The average Bonchev–Trinajstić information content (AvgIpc) is 2.01. The molecule has 80 valence electrons. The van der Waals surface area contributed by atoms with Crippen molar-refractivity contribution in [1.29, 1.82) is 0 Å². The second-order valence-corrected chi connectivity index (χ2v) is 4.02. The molecule has 1 aromatic rings. The number of ether oxygens (including phenoxy) is 1. The summed E-state index contributed by atoms with van der Waals surface area (Å²) in [7, 11) is 0. The van der Waals surface area contributed by atoms with Crippen molar-refractivity contribution in [3.63, 3.8) is 0 Å². The van der Waals surface area contributed by atoms with Crippen LogP contribution in [0.2, 0.25) is 0 Å². The van der Waals surface area contributed by atoms with E-state index in [9.17, 15) is 9.90 Å². The standard InChI is InChI=1S/C11H14O3.Ca.2H/c1-11(2,3)14-10(13)8-6-4-5-7-9(8)12;;;/h4-7,12H,1-3H3;;;/q;+2;2*-1. The van der Waals surface area contributed by atoms with Crippen LogP contribution in [0.4, 0.5) is 0 Å². The smallest absolute Gasteiger partial charge is 1.00 e. The first kappa shape index (κ1) is 14.7. The number of hydrogen-bond donors (Lipinski definition) is 1. The maximum absolute atomic E-state index is 11.5. The maximum atomic E-state index is 11.5. The summed E-state index contributed by atoms with van der Waals surface area (Å²) in [4.78, 5) is 11.5. The van der Waals surface area contributed by atoms with Crippen molar-refractivity contribution in [2.75, 3.05) is 0 Å². The molecule has 0 saturated carbocycles. The first-order valence-corrected chi connectivity index (χ1v) is 4.41. The van der Waals surface area contributed by atoms with E-state index in [4.69, 9.17) is 4.74 Å². The van der Waals surface area contributed by atoms with Crippen molar-refractivity contribution in [2.45, 2.75) is 26.4 Å². The second-order valence-electron chi connectivity index (χ2n) is 4.02. The molecule has 0 aliphatic heterocycles. The molecule has 15 heavy (non-hydrogen) atoms. The van der Waals surface area contributed by atoms with E-state index < -0.39 is 11.6 Å². The molecule has 4 heteroatoms. The van der Waals surface area contributed by atoms with Crippen molar-refractivity contribution < 1.29 is 17.5 Å². The van der Waals surface area contributed by atoms with E-state index >= 15 is 0 Å². The van der Waals surface area contributed by atoms with E-state index in [-0.39, 0.29) is 51.9 Å². The Morgan fingerprint density at radius 2 is 1.87 bits per heavy atom. The van der Waals surface area contributed by atoms with Crippen LogP contribution in [0.1, 0.15) is 34.0 Å². The summed E-state index contributed by atoms with van der Waals surface area (Å²) in [6.45, 7) is 5.35. The predicted molar refractivity (Wildman–Crippen MR) is 61.3 cm³/mol. The van der Waals surface area contributed by atoms with Crippen LogP contribution in [0.25, 0.3) is 0 Å². The van der Waals surface area contributed by atoms with Gasteiger partial charge in [-0.2, -0.15) is 0 Å². The van der Waals surface area contributed by atoms with Gasteiger partial charge in [-0.05, 0) is 32.9 Å². The van der Waals surface area contributed by atoms with E-state index in [1.807, 2.05) is 0 Å². The fourth-order valence-corrected chi connectivity index (χ4v) is 0.979. The van der Waals surface area contributed by atoms with Gasteiger partial charge < -0.3 is 12.7 Å². The molecule has 0 aromatic heterocycles. The van der Waals surface area contributed by atoms with Crippen LogP contribution in [0.15, 0.2) is 24.3 Å². The zero-order valence-corrected chi connectivity index (χ0v) is 11.5. The number of para-hydroxylation sites is 1. The molecule has 0 saturated heterocycles. The molecular formula is C11H16CaO3. The van der Waals surface area contributed by atoms with Gasteiger partial charge in [-0.25, -0.2) is 4.79 Å². The Hall–Kier alpha value is -0.250. The summed E-state index contributed by atoms with van der Waals surface area (Å²) in [5.41, 5.74) is -0.346. The third-order valence-electron chi connectivity index (χ3n) is 1.52. The third-order valence-corrected chi connectivity index (χ3v) is 1.52. The number of phenols is 1. The van der Waals surface area contributed by atoms with Crippen molar-refractivity contribution in [3.8, 4) is 5.75 Å². The van der Waals surface area contributed by atoms with Crippen LogP contribution in [0.3, 0.4) is 0 Å². The monoisotopic (exact) mass is 236 g/mol. The number of carbonyl (C=O) groups excluding carboxylic acids is 1. The number of aromatic hydroxyl groups is 1. The quantitative estimate of drug-likeness (QED) is 0.600. The molecule has 0 unspecified atom stereocenters. The molecule has 1 rings (SSSR count). The predicted octanol–water partition coefficient (Wildman–Crippen LogP) is 2.19. The molecule has 0 fully saturated rings. The van der Waals surface area contributed by atoms with E-state index in [1.165, 1.54) is 12.1 Å². The zero-order valence-electron chi connectivity index (χ0n) is 11.3. The normalized spacial score (nSPS) is 10.3. The Kier molecular flexibility index (Phi) is 5.63. The summed E-state index contributed by atoms with van der Waals surface area (Å²) < 4.78 is 5.11. The van der Waals surface area contributed by atoms with E-state index in [0.717, 1.165) is 0 Å². The minimum absolute atomic E-state index is 0. The molecule has 0 amide bonds. The Morgan fingerprint density at radius 1 is 1.33 bits per heavy atom. The van der Waals surface area contributed by atoms with Gasteiger partial charge in [0, 0.05) is 0 Å².